The molecule has 1 fully saturated rings. The third-order valence-corrected chi connectivity index (χ3v) is 2.56. The number of ether oxygens (including phenoxy) is 1. The van der Waals surface area contributed by atoms with Gasteiger partial charge in [-0.05, 0) is 6.07 Å². The maximum atomic E-state index is 11.0. The summed E-state index contributed by atoms with van der Waals surface area (Å²) in [4.78, 5) is 27.0. The smallest absolute Gasteiger partial charge is 0.322 e. The molecule has 1 aliphatic heterocycles. The lowest BCUT2D eigenvalue weighted by atomic mass is 10.2. The molecular weight excluding hydrogens is 226 g/mol. The van der Waals surface area contributed by atoms with Crippen molar-refractivity contribution in [2.24, 2.45) is 0 Å². The molecule has 17 heavy (non-hydrogen) atoms. The first-order valence-electron chi connectivity index (χ1n) is 5.15. The molecule has 7 heteroatoms. The zero-order chi connectivity index (χ0) is 12.3. The maximum absolute atomic E-state index is 11.0. The highest BCUT2D eigenvalue weighted by Gasteiger charge is 2.26. The molecule has 0 bridgehead atoms. The van der Waals surface area contributed by atoms with E-state index < -0.39 is 4.92 Å². The molecular formula is C10H11N3O4. The molecule has 1 aliphatic rings. The molecule has 2 heterocycles. The van der Waals surface area contributed by atoms with E-state index in [9.17, 15) is 14.9 Å². The molecule has 1 saturated heterocycles. The zero-order valence-electron chi connectivity index (χ0n) is 9.04. The Bertz CT molecular complexity index is 443. The molecule has 0 radical (unpaired) electrons. The van der Waals surface area contributed by atoms with Crippen LogP contribution in [-0.4, -0.2) is 42.5 Å². The van der Waals surface area contributed by atoms with Crippen molar-refractivity contribution in [2.75, 3.05) is 31.2 Å². The molecule has 0 atom stereocenters. The van der Waals surface area contributed by atoms with Crippen LogP contribution in [0.1, 0.15) is 10.4 Å². The second-order valence-corrected chi connectivity index (χ2v) is 3.55. The Morgan fingerprint density at radius 1 is 1.47 bits per heavy atom. The Hall–Kier alpha value is -2.02. The van der Waals surface area contributed by atoms with Crippen molar-refractivity contribution in [1.82, 2.24) is 4.98 Å². The Labute approximate surface area is 97.2 Å². The van der Waals surface area contributed by atoms with Crippen molar-refractivity contribution in [2.45, 2.75) is 0 Å². The van der Waals surface area contributed by atoms with Crippen molar-refractivity contribution in [3.05, 3.63) is 27.9 Å². The van der Waals surface area contributed by atoms with Gasteiger partial charge in [0.15, 0.2) is 6.29 Å². The first-order valence-corrected chi connectivity index (χ1v) is 5.15. The summed E-state index contributed by atoms with van der Waals surface area (Å²) in [6.07, 6.45) is 1.88. The van der Waals surface area contributed by atoms with Crippen molar-refractivity contribution in [3.8, 4) is 0 Å². The van der Waals surface area contributed by atoms with Crippen LogP contribution >= 0.6 is 0 Å². The third kappa shape index (κ3) is 2.23. The fourth-order valence-corrected chi connectivity index (χ4v) is 1.75. The summed E-state index contributed by atoms with van der Waals surface area (Å²) in [5.41, 5.74) is -0.184. The Morgan fingerprint density at radius 3 is 2.76 bits per heavy atom. The van der Waals surface area contributed by atoms with Crippen LogP contribution in [0.4, 0.5) is 11.5 Å². The minimum atomic E-state index is -0.568. The summed E-state index contributed by atoms with van der Waals surface area (Å²) in [5, 5.41) is 11.0. The first-order chi connectivity index (χ1) is 8.24. The van der Waals surface area contributed by atoms with Crippen LogP contribution in [0.25, 0.3) is 0 Å². The molecule has 90 valence electrons. The van der Waals surface area contributed by atoms with Crippen LogP contribution in [0.3, 0.4) is 0 Å². The number of anilines is 1. The summed E-state index contributed by atoms with van der Waals surface area (Å²) < 4.78 is 5.17. The first kappa shape index (κ1) is 11.5. The SMILES string of the molecule is O=Cc1ccnc(N2CCOCC2)c1[N+](=O)[O-]. The summed E-state index contributed by atoms with van der Waals surface area (Å²) in [5.74, 6) is 0.239. The molecule has 0 N–H and O–H groups in total. The molecule has 0 saturated carbocycles. The quantitative estimate of drug-likeness (QED) is 0.435. The van der Waals surface area contributed by atoms with Crippen molar-refractivity contribution in [3.63, 3.8) is 0 Å². The maximum Gasteiger partial charge on any atom is 0.322 e. The van der Waals surface area contributed by atoms with Crippen molar-refractivity contribution in [1.29, 1.82) is 0 Å². The normalized spacial score (nSPS) is 15.6. The van der Waals surface area contributed by atoms with Gasteiger partial charge in [0.25, 0.3) is 0 Å². The fourth-order valence-electron chi connectivity index (χ4n) is 1.75. The van der Waals surface area contributed by atoms with E-state index in [1.807, 2.05) is 0 Å². The monoisotopic (exact) mass is 237 g/mol. The second-order valence-electron chi connectivity index (χ2n) is 3.55. The van der Waals surface area contributed by atoms with Gasteiger partial charge in [0.1, 0.15) is 0 Å². The minimum absolute atomic E-state index is 0.0477. The molecule has 1 aromatic heterocycles. The zero-order valence-corrected chi connectivity index (χ0v) is 9.04. The Balaban J connectivity index is 2.44. The third-order valence-electron chi connectivity index (χ3n) is 2.56. The van der Waals surface area contributed by atoms with Crippen LogP contribution in [0.2, 0.25) is 0 Å². The summed E-state index contributed by atoms with van der Waals surface area (Å²) in [6.45, 7) is 2.08. The molecule has 7 nitrogen and oxygen atoms in total. The molecule has 0 spiro atoms. The molecule has 0 aliphatic carbocycles. The summed E-state index contributed by atoms with van der Waals surface area (Å²) >= 11 is 0. The summed E-state index contributed by atoms with van der Waals surface area (Å²) in [6, 6.07) is 1.34. The van der Waals surface area contributed by atoms with Gasteiger partial charge in [-0.3, -0.25) is 14.9 Å². The van der Waals surface area contributed by atoms with E-state index in [1.54, 1.807) is 4.90 Å². The number of rotatable bonds is 3. The number of morpholine rings is 1. The highest BCUT2D eigenvalue weighted by molar-refractivity contribution is 5.85. The van der Waals surface area contributed by atoms with Gasteiger partial charge in [-0.2, -0.15) is 0 Å². The molecule has 0 aromatic carbocycles. The van der Waals surface area contributed by atoms with Gasteiger partial charge < -0.3 is 9.64 Å². The molecule has 0 amide bonds. The van der Waals surface area contributed by atoms with Crippen LogP contribution in [-0.2, 0) is 4.74 Å². The van der Waals surface area contributed by atoms with Crippen LogP contribution in [0, 0.1) is 10.1 Å². The van der Waals surface area contributed by atoms with E-state index in [0.29, 0.717) is 32.6 Å². The van der Waals surface area contributed by atoms with Crippen LogP contribution in [0.5, 0.6) is 0 Å². The van der Waals surface area contributed by atoms with Crippen LogP contribution < -0.4 is 4.90 Å². The van der Waals surface area contributed by atoms with E-state index in [4.69, 9.17) is 4.74 Å². The highest BCUT2D eigenvalue weighted by Crippen LogP contribution is 2.28. The lowest BCUT2D eigenvalue weighted by Gasteiger charge is -2.27. The molecule has 1 aromatic rings. The lowest BCUT2D eigenvalue weighted by Crippen LogP contribution is -2.37. The fraction of sp³-hybridized carbons (Fsp3) is 0.400. The van der Waals surface area contributed by atoms with Gasteiger partial charge in [-0.1, -0.05) is 0 Å². The number of hydrogen-bond donors (Lipinski definition) is 0. The van der Waals surface area contributed by atoms with Gasteiger partial charge in [0.05, 0.1) is 23.7 Å². The highest BCUT2D eigenvalue weighted by atomic mass is 16.6. The minimum Gasteiger partial charge on any atom is -0.378 e. The van der Waals surface area contributed by atoms with Gasteiger partial charge >= 0.3 is 5.69 Å². The predicted molar refractivity (Wildman–Crippen MR) is 59.3 cm³/mol. The van der Waals surface area contributed by atoms with E-state index in [0.717, 1.165) is 0 Å². The number of nitrogens with zero attached hydrogens (tertiary/aromatic N) is 3. The molecule has 2 rings (SSSR count). The van der Waals surface area contributed by atoms with Crippen molar-refractivity contribution >= 4 is 17.8 Å². The summed E-state index contributed by atoms with van der Waals surface area (Å²) in [7, 11) is 0. The Morgan fingerprint density at radius 2 is 2.18 bits per heavy atom. The predicted octanol–water partition coefficient (Wildman–Crippen LogP) is 0.639. The number of hydrogen-bond acceptors (Lipinski definition) is 6. The van der Waals surface area contributed by atoms with E-state index >= 15 is 0 Å². The number of pyridine rings is 1. The number of carbonyl (C=O) groups is 1. The molecule has 0 unspecified atom stereocenters. The van der Waals surface area contributed by atoms with E-state index in [1.165, 1.54) is 12.3 Å². The lowest BCUT2D eigenvalue weighted by molar-refractivity contribution is -0.384. The van der Waals surface area contributed by atoms with E-state index in [2.05, 4.69) is 4.98 Å². The average Bonchev–Trinajstić information content (AvgIpc) is 2.38. The van der Waals surface area contributed by atoms with Gasteiger partial charge in [0.2, 0.25) is 5.82 Å². The van der Waals surface area contributed by atoms with E-state index in [-0.39, 0.29) is 17.1 Å². The largest absolute Gasteiger partial charge is 0.378 e. The Kier molecular flexibility index (Phi) is 3.29. The number of nitro groups is 1. The van der Waals surface area contributed by atoms with Crippen molar-refractivity contribution < 1.29 is 14.5 Å². The van der Waals surface area contributed by atoms with Gasteiger partial charge in [-0.15, -0.1) is 0 Å². The number of aldehydes is 1. The topological polar surface area (TPSA) is 85.6 Å². The van der Waals surface area contributed by atoms with Gasteiger partial charge in [0, 0.05) is 19.3 Å². The second kappa shape index (κ2) is 4.88. The number of carbonyl (C=O) groups excluding carboxylic acids is 1. The van der Waals surface area contributed by atoms with Crippen LogP contribution in [0.15, 0.2) is 12.3 Å². The average molecular weight is 237 g/mol. The van der Waals surface area contributed by atoms with Gasteiger partial charge in [-0.25, -0.2) is 4.98 Å². The standard InChI is InChI=1S/C10H11N3O4/c14-7-8-1-2-11-10(9(8)13(15)16)12-3-5-17-6-4-12/h1-2,7H,3-6H2. The number of aromatic nitrogens is 1.